The number of benzene rings is 2. The zero-order valence-electron chi connectivity index (χ0n) is 17.7. The monoisotopic (exact) mass is 401 g/mol. The highest BCUT2D eigenvalue weighted by Gasteiger charge is 2.15. The van der Waals surface area contributed by atoms with E-state index in [1.54, 1.807) is 0 Å². The minimum absolute atomic E-state index is 0.0565. The molecule has 0 fully saturated rings. The van der Waals surface area contributed by atoms with Crippen molar-refractivity contribution in [3.63, 3.8) is 0 Å². The van der Waals surface area contributed by atoms with Gasteiger partial charge in [0.05, 0.1) is 5.52 Å². The van der Waals surface area contributed by atoms with Crippen molar-refractivity contribution in [1.82, 2.24) is 19.9 Å². The van der Waals surface area contributed by atoms with Crippen molar-refractivity contribution in [1.29, 1.82) is 0 Å². The smallest absolute Gasteiger partial charge is 0.220 e. The van der Waals surface area contributed by atoms with Gasteiger partial charge in [-0.25, -0.2) is 9.50 Å². The lowest BCUT2D eigenvalue weighted by atomic mass is 10.1. The van der Waals surface area contributed by atoms with E-state index in [4.69, 9.17) is 4.98 Å². The van der Waals surface area contributed by atoms with Crippen molar-refractivity contribution in [2.45, 2.75) is 26.7 Å². The van der Waals surface area contributed by atoms with Gasteiger partial charge in [-0.3, -0.25) is 4.79 Å². The lowest BCUT2D eigenvalue weighted by molar-refractivity contribution is -0.120. The Morgan fingerprint density at radius 2 is 1.80 bits per heavy atom. The molecule has 30 heavy (non-hydrogen) atoms. The Kier molecular flexibility index (Phi) is 5.65. The van der Waals surface area contributed by atoms with Gasteiger partial charge in [-0.1, -0.05) is 30.3 Å². The Bertz CT molecular complexity index is 1180. The Hall–Kier alpha value is -3.41. The molecule has 0 bridgehead atoms. The van der Waals surface area contributed by atoms with Gasteiger partial charge in [-0.05, 0) is 50.1 Å². The fourth-order valence-electron chi connectivity index (χ4n) is 3.84. The van der Waals surface area contributed by atoms with Crippen LogP contribution in [0.5, 0.6) is 0 Å². The molecule has 6 nitrogen and oxygen atoms in total. The van der Waals surface area contributed by atoms with Crippen LogP contribution in [-0.4, -0.2) is 40.6 Å². The highest BCUT2D eigenvalue weighted by molar-refractivity contribution is 5.92. The molecule has 0 radical (unpaired) electrons. The van der Waals surface area contributed by atoms with Gasteiger partial charge in [-0.15, -0.1) is 0 Å². The van der Waals surface area contributed by atoms with Gasteiger partial charge < -0.3 is 10.2 Å². The molecule has 0 spiro atoms. The third-order valence-electron chi connectivity index (χ3n) is 5.59. The zero-order valence-corrected chi connectivity index (χ0v) is 17.7. The lowest BCUT2D eigenvalue weighted by Gasteiger charge is -2.19. The van der Waals surface area contributed by atoms with Gasteiger partial charge in [0, 0.05) is 49.0 Å². The van der Waals surface area contributed by atoms with Crippen LogP contribution in [0.25, 0.3) is 16.6 Å². The summed E-state index contributed by atoms with van der Waals surface area (Å²) in [6.07, 6.45) is 1.09. The minimum Gasteiger partial charge on any atom is -0.373 e. The van der Waals surface area contributed by atoms with Crippen molar-refractivity contribution in [3.05, 3.63) is 71.5 Å². The standard InChI is InChI=1S/C24H27N5O/c1-17-20(18(2)29-24(26-17)21-11-7-8-12-22(21)27-29)13-14-23(30)25-15-16-28(3)19-9-5-4-6-10-19/h4-12H,13-16H2,1-3H3,(H,25,30). The molecule has 2 aromatic heterocycles. The fraction of sp³-hybridized carbons (Fsp3) is 0.292. The molecular formula is C24H27N5O. The summed E-state index contributed by atoms with van der Waals surface area (Å²) in [6.45, 7) is 5.44. The largest absolute Gasteiger partial charge is 0.373 e. The van der Waals surface area contributed by atoms with Gasteiger partial charge in [0.2, 0.25) is 5.91 Å². The number of nitrogens with one attached hydrogen (secondary N) is 1. The predicted octanol–water partition coefficient (Wildman–Crippen LogP) is 3.68. The topological polar surface area (TPSA) is 62.5 Å². The number of fused-ring (bicyclic) bond motifs is 3. The maximum absolute atomic E-state index is 12.4. The summed E-state index contributed by atoms with van der Waals surface area (Å²) in [6, 6.07) is 18.2. The number of amides is 1. The quantitative estimate of drug-likeness (QED) is 0.513. The number of aryl methyl sites for hydroxylation is 2. The maximum Gasteiger partial charge on any atom is 0.220 e. The highest BCUT2D eigenvalue weighted by atomic mass is 16.1. The molecule has 2 aromatic carbocycles. The summed E-state index contributed by atoms with van der Waals surface area (Å²) < 4.78 is 1.90. The molecule has 4 rings (SSSR count). The van der Waals surface area contributed by atoms with Crippen LogP contribution in [0, 0.1) is 13.8 Å². The van der Waals surface area contributed by atoms with Gasteiger partial charge in [0.1, 0.15) is 0 Å². The number of para-hydroxylation sites is 1. The van der Waals surface area contributed by atoms with E-state index in [0.29, 0.717) is 19.4 Å². The Labute approximate surface area is 176 Å². The Morgan fingerprint density at radius 1 is 1.07 bits per heavy atom. The van der Waals surface area contributed by atoms with Gasteiger partial charge in [0.25, 0.3) is 0 Å². The van der Waals surface area contributed by atoms with Crippen LogP contribution in [-0.2, 0) is 11.2 Å². The molecule has 0 aliphatic heterocycles. The van der Waals surface area contributed by atoms with Crippen molar-refractivity contribution < 1.29 is 4.79 Å². The Balaban J connectivity index is 1.38. The van der Waals surface area contributed by atoms with Crippen molar-refractivity contribution in [2.75, 3.05) is 25.0 Å². The first-order valence-electron chi connectivity index (χ1n) is 10.3. The van der Waals surface area contributed by atoms with E-state index in [9.17, 15) is 4.79 Å². The number of rotatable bonds is 7. The molecule has 0 unspecified atom stereocenters. The third-order valence-corrected chi connectivity index (χ3v) is 5.59. The number of aromatic nitrogens is 3. The summed E-state index contributed by atoms with van der Waals surface area (Å²) in [7, 11) is 2.03. The van der Waals surface area contributed by atoms with Gasteiger partial charge >= 0.3 is 0 Å². The van der Waals surface area contributed by atoms with Crippen LogP contribution < -0.4 is 10.2 Å². The molecule has 0 aliphatic rings. The van der Waals surface area contributed by atoms with Crippen LogP contribution in [0.15, 0.2) is 54.6 Å². The maximum atomic E-state index is 12.4. The molecule has 1 amide bonds. The summed E-state index contributed by atoms with van der Waals surface area (Å²) in [5, 5.41) is 8.77. The summed E-state index contributed by atoms with van der Waals surface area (Å²) in [4.78, 5) is 19.3. The first kappa shape index (κ1) is 19.9. The van der Waals surface area contributed by atoms with E-state index < -0.39 is 0 Å². The first-order chi connectivity index (χ1) is 14.5. The van der Waals surface area contributed by atoms with E-state index >= 15 is 0 Å². The molecule has 2 heterocycles. The van der Waals surface area contributed by atoms with Gasteiger partial charge in [-0.2, -0.15) is 5.10 Å². The number of hydrogen-bond acceptors (Lipinski definition) is 4. The first-order valence-corrected chi connectivity index (χ1v) is 10.3. The second kappa shape index (κ2) is 8.53. The van der Waals surface area contributed by atoms with E-state index in [0.717, 1.165) is 45.7 Å². The van der Waals surface area contributed by atoms with Crippen molar-refractivity contribution in [3.8, 4) is 0 Å². The summed E-state index contributed by atoms with van der Waals surface area (Å²) in [5.41, 5.74) is 6.05. The van der Waals surface area contributed by atoms with E-state index in [-0.39, 0.29) is 5.91 Å². The molecule has 6 heteroatoms. The zero-order chi connectivity index (χ0) is 21.1. The molecule has 0 saturated heterocycles. The van der Waals surface area contributed by atoms with Crippen LogP contribution in [0.1, 0.15) is 23.4 Å². The number of carbonyl (C=O) groups is 1. The average Bonchev–Trinajstić information content (AvgIpc) is 3.13. The number of nitrogens with zero attached hydrogens (tertiary/aromatic N) is 4. The lowest BCUT2D eigenvalue weighted by Crippen LogP contribution is -2.33. The van der Waals surface area contributed by atoms with Crippen LogP contribution in [0.4, 0.5) is 5.69 Å². The molecular weight excluding hydrogens is 374 g/mol. The Morgan fingerprint density at radius 3 is 2.60 bits per heavy atom. The number of anilines is 1. The highest BCUT2D eigenvalue weighted by Crippen LogP contribution is 2.22. The minimum atomic E-state index is 0.0565. The summed E-state index contributed by atoms with van der Waals surface area (Å²) >= 11 is 0. The molecule has 0 saturated carbocycles. The number of likely N-dealkylation sites (N-methyl/N-ethyl adjacent to an activating group) is 1. The fourth-order valence-corrected chi connectivity index (χ4v) is 3.84. The van der Waals surface area contributed by atoms with Crippen molar-refractivity contribution >= 4 is 28.1 Å². The predicted molar refractivity (Wildman–Crippen MR) is 121 cm³/mol. The second-order valence-corrected chi connectivity index (χ2v) is 7.62. The van der Waals surface area contributed by atoms with Crippen LogP contribution in [0.2, 0.25) is 0 Å². The third kappa shape index (κ3) is 3.99. The van der Waals surface area contributed by atoms with E-state index in [2.05, 4.69) is 34.4 Å². The number of hydrogen-bond donors (Lipinski definition) is 1. The SMILES string of the molecule is Cc1nc2c3ccccc3nn2c(C)c1CCC(=O)NCCN(C)c1ccccc1. The van der Waals surface area contributed by atoms with Crippen LogP contribution >= 0.6 is 0 Å². The molecule has 0 atom stereocenters. The van der Waals surface area contributed by atoms with E-state index in [1.807, 2.05) is 61.0 Å². The molecule has 1 N–H and O–H groups in total. The average molecular weight is 402 g/mol. The van der Waals surface area contributed by atoms with Crippen LogP contribution in [0.3, 0.4) is 0 Å². The van der Waals surface area contributed by atoms with Crippen molar-refractivity contribution in [2.24, 2.45) is 0 Å². The second-order valence-electron chi connectivity index (χ2n) is 7.62. The molecule has 154 valence electrons. The van der Waals surface area contributed by atoms with E-state index in [1.165, 1.54) is 0 Å². The molecule has 4 aromatic rings. The normalized spacial score (nSPS) is 11.2. The number of carbonyl (C=O) groups excluding carboxylic acids is 1. The molecule has 0 aliphatic carbocycles. The van der Waals surface area contributed by atoms with Gasteiger partial charge in [0.15, 0.2) is 5.65 Å². The summed E-state index contributed by atoms with van der Waals surface area (Å²) in [5.74, 6) is 0.0565.